The second-order valence-corrected chi connectivity index (χ2v) is 5.73. The van der Waals surface area contributed by atoms with Gasteiger partial charge in [0, 0.05) is 11.5 Å². The third-order valence-electron chi connectivity index (χ3n) is 4.00. The van der Waals surface area contributed by atoms with Crippen LogP contribution in [0.2, 0.25) is 0 Å². The maximum Gasteiger partial charge on any atom is 0.355 e. The van der Waals surface area contributed by atoms with Crippen molar-refractivity contribution in [3.05, 3.63) is 23.5 Å². The molecule has 0 aromatic carbocycles. The van der Waals surface area contributed by atoms with Gasteiger partial charge in [0.15, 0.2) is 5.92 Å². The second kappa shape index (κ2) is 9.72. The Kier molecular flexibility index (Phi) is 7.36. The molecule has 2 aromatic rings. The molecule has 9 nitrogen and oxygen atoms in total. The number of nitrogens with one attached hydrogen (secondary N) is 1. The maximum absolute atomic E-state index is 12.4. The number of pyridine rings is 1. The van der Waals surface area contributed by atoms with Gasteiger partial charge in [0.25, 0.3) is 0 Å². The van der Waals surface area contributed by atoms with Crippen LogP contribution in [0.25, 0.3) is 10.9 Å². The number of hydrogen-bond acceptors (Lipinski definition) is 8. The number of nitrogens with zero attached hydrogens (tertiary/aromatic N) is 1. The van der Waals surface area contributed by atoms with Crippen molar-refractivity contribution in [3.8, 4) is 5.88 Å². The lowest BCUT2D eigenvalue weighted by molar-refractivity contribution is -0.161. The molecule has 0 amide bonds. The molecule has 0 radical (unpaired) electrons. The summed E-state index contributed by atoms with van der Waals surface area (Å²) in [6.45, 7) is 5.38. The van der Waals surface area contributed by atoms with E-state index in [0.29, 0.717) is 22.3 Å². The van der Waals surface area contributed by atoms with E-state index in [1.807, 2.05) is 0 Å². The van der Waals surface area contributed by atoms with E-state index in [0.717, 1.165) is 0 Å². The second-order valence-electron chi connectivity index (χ2n) is 5.73. The molecule has 152 valence electrons. The van der Waals surface area contributed by atoms with Crippen molar-refractivity contribution < 1.29 is 33.3 Å². The summed E-state index contributed by atoms with van der Waals surface area (Å²) >= 11 is 0. The molecular weight excluding hydrogens is 368 g/mol. The van der Waals surface area contributed by atoms with Crippen molar-refractivity contribution in [1.29, 1.82) is 0 Å². The van der Waals surface area contributed by atoms with Gasteiger partial charge in [0.2, 0.25) is 5.88 Å². The Balaban J connectivity index is 2.56. The van der Waals surface area contributed by atoms with Crippen molar-refractivity contribution in [2.75, 3.05) is 26.9 Å². The number of ether oxygens (including phenoxy) is 4. The summed E-state index contributed by atoms with van der Waals surface area (Å²) in [4.78, 5) is 44.2. The average Bonchev–Trinajstić information content (AvgIpc) is 3.04. The molecule has 0 atom stereocenters. The van der Waals surface area contributed by atoms with Crippen LogP contribution in [-0.4, -0.2) is 54.8 Å². The van der Waals surface area contributed by atoms with Gasteiger partial charge < -0.3 is 23.9 Å². The molecule has 0 aliphatic carbocycles. The first kappa shape index (κ1) is 21.2. The number of carbonyl (C=O) groups is 3. The van der Waals surface area contributed by atoms with E-state index in [2.05, 4.69) is 9.97 Å². The van der Waals surface area contributed by atoms with Crippen LogP contribution >= 0.6 is 0 Å². The predicted molar refractivity (Wildman–Crippen MR) is 99.1 cm³/mol. The number of methoxy groups -OCH3 is 1. The molecule has 0 spiro atoms. The van der Waals surface area contributed by atoms with Gasteiger partial charge in [0.05, 0.1) is 38.6 Å². The number of rotatable bonds is 9. The third kappa shape index (κ3) is 4.59. The molecule has 0 saturated carbocycles. The molecule has 0 fully saturated rings. The number of H-pyrrole nitrogens is 1. The van der Waals surface area contributed by atoms with Crippen LogP contribution in [0.3, 0.4) is 0 Å². The first-order valence-corrected chi connectivity index (χ1v) is 9.01. The quantitative estimate of drug-likeness (QED) is 0.391. The van der Waals surface area contributed by atoms with Gasteiger partial charge in [0.1, 0.15) is 5.69 Å². The minimum atomic E-state index is -1.22. The molecule has 0 aliphatic heterocycles. The Bertz CT molecular complexity index is 841. The van der Waals surface area contributed by atoms with Crippen molar-refractivity contribution in [2.24, 2.45) is 5.92 Å². The number of carbonyl (C=O) groups excluding carboxylic acids is 3. The number of fused-ring (bicyclic) bond motifs is 1. The third-order valence-corrected chi connectivity index (χ3v) is 4.00. The fourth-order valence-electron chi connectivity index (χ4n) is 2.78. The first-order chi connectivity index (χ1) is 13.5. The fourth-order valence-corrected chi connectivity index (χ4v) is 2.78. The van der Waals surface area contributed by atoms with Gasteiger partial charge in [-0.25, -0.2) is 9.78 Å². The highest BCUT2D eigenvalue weighted by Gasteiger charge is 2.33. The molecule has 1 N–H and O–H groups in total. The predicted octanol–water partition coefficient (Wildman–Crippen LogP) is 2.03. The monoisotopic (exact) mass is 392 g/mol. The molecule has 0 saturated heterocycles. The van der Waals surface area contributed by atoms with Crippen LogP contribution < -0.4 is 4.74 Å². The topological polar surface area (TPSA) is 117 Å². The highest BCUT2D eigenvalue weighted by atomic mass is 16.6. The largest absolute Gasteiger partial charge is 0.481 e. The van der Waals surface area contributed by atoms with Crippen molar-refractivity contribution in [3.63, 3.8) is 0 Å². The highest BCUT2D eigenvalue weighted by molar-refractivity contribution is 6.00. The molecule has 2 aromatic heterocycles. The lowest BCUT2D eigenvalue weighted by Crippen LogP contribution is -2.30. The molecule has 9 heteroatoms. The lowest BCUT2D eigenvalue weighted by atomic mass is 9.97. The SMILES string of the molecule is CCOC(=O)c1[nH]c2cnc(OC)cc2c1CC(C(=O)OCC)C(=O)OCC. The van der Waals surface area contributed by atoms with E-state index in [1.54, 1.807) is 26.8 Å². The lowest BCUT2D eigenvalue weighted by Gasteiger charge is -2.15. The van der Waals surface area contributed by atoms with Crippen LogP contribution in [0, 0.1) is 5.92 Å². The van der Waals surface area contributed by atoms with E-state index in [4.69, 9.17) is 18.9 Å². The summed E-state index contributed by atoms with van der Waals surface area (Å²) in [7, 11) is 1.47. The summed E-state index contributed by atoms with van der Waals surface area (Å²) < 4.78 is 20.3. The molecule has 0 aliphatic rings. The molecule has 0 bridgehead atoms. The summed E-state index contributed by atoms with van der Waals surface area (Å²) in [5, 5.41) is 0.591. The highest BCUT2D eigenvalue weighted by Crippen LogP contribution is 2.28. The normalized spacial score (nSPS) is 10.8. The van der Waals surface area contributed by atoms with Crippen LogP contribution in [-0.2, 0) is 30.2 Å². The summed E-state index contributed by atoms with van der Waals surface area (Å²) in [5.41, 5.74) is 1.12. The van der Waals surface area contributed by atoms with Crippen LogP contribution in [0.15, 0.2) is 12.3 Å². The van der Waals surface area contributed by atoms with E-state index in [1.165, 1.54) is 13.3 Å². The molecule has 0 unspecified atom stereocenters. The first-order valence-electron chi connectivity index (χ1n) is 9.01. The standard InChI is InChI=1S/C19H24N2O7/c1-5-26-17(22)13(18(23)27-6-2)8-12-11-9-15(25-4)20-10-14(11)21-16(12)19(24)28-7-3/h9-10,13,21H,5-8H2,1-4H3. The zero-order chi connectivity index (χ0) is 20.7. The van der Waals surface area contributed by atoms with Crippen molar-refractivity contribution in [1.82, 2.24) is 9.97 Å². The Labute approximate surface area is 162 Å². The fraction of sp³-hybridized carbons (Fsp3) is 0.474. The Morgan fingerprint density at radius 2 is 1.64 bits per heavy atom. The van der Waals surface area contributed by atoms with Gasteiger partial charge in [-0.05, 0) is 32.8 Å². The molecule has 2 heterocycles. The Morgan fingerprint density at radius 3 is 2.18 bits per heavy atom. The van der Waals surface area contributed by atoms with Gasteiger partial charge >= 0.3 is 17.9 Å². The molecular formula is C19H24N2O7. The van der Waals surface area contributed by atoms with Gasteiger partial charge in [-0.2, -0.15) is 0 Å². The summed E-state index contributed by atoms with van der Waals surface area (Å²) in [6, 6.07) is 1.62. The van der Waals surface area contributed by atoms with Gasteiger partial charge in [-0.15, -0.1) is 0 Å². The number of hydrogen-bond donors (Lipinski definition) is 1. The summed E-state index contributed by atoms with van der Waals surface area (Å²) in [6.07, 6.45) is 1.41. The molecule has 28 heavy (non-hydrogen) atoms. The minimum Gasteiger partial charge on any atom is -0.481 e. The van der Waals surface area contributed by atoms with Crippen LogP contribution in [0.5, 0.6) is 5.88 Å². The zero-order valence-corrected chi connectivity index (χ0v) is 16.4. The summed E-state index contributed by atoms with van der Waals surface area (Å²) in [5.74, 6) is -2.92. The smallest absolute Gasteiger partial charge is 0.355 e. The van der Waals surface area contributed by atoms with Crippen molar-refractivity contribution >= 4 is 28.8 Å². The Hall–Kier alpha value is -3.10. The zero-order valence-electron chi connectivity index (χ0n) is 16.4. The van der Waals surface area contributed by atoms with E-state index < -0.39 is 23.8 Å². The minimum absolute atomic E-state index is 0.0982. The van der Waals surface area contributed by atoms with Gasteiger partial charge in [-0.3, -0.25) is 9.59 Å². The van der Waals surface area contributed by atoms with Crippen LogP contribution in [0.1, 0.15) is 36.8 Å². The number of aromatic amines is 1. The van der Waals surface area contributed by atoms with E-state index in [9.17, 15) is 14.4 Å². The Morgan fingerprint density at radius 1 is 1.04 bits per heavy atom. The van der Waals surface area contributed by atoms with Gasteiger partial charge in [-0.1, -0.05) is 0 Å². The van der Waals surface area contributed by atoms with Crippen LogP contribution in [0.4, 0.5) is 0 Å². The van der Waals surface area contributed by atoms with E-state index in [-0.39, 0.29) is 31.9 Å². The number of aromatic nitrogens is 2. The number of esters is 3. The molecule has 2 rings (SSSR count). The maximum atomic E-state index is 12.4. The van der Waals surface area contributed by atoms with Crippen molar-refractivity contribution in [2.45, 2.75) is 27.2 Å². The van der Waals surface area contributed by atoms with E-state index >= 15 is 0 Å². The average molecular weight is 392 g/mol.